The summed E-state index contributed by atoms with van der Waals surface area (Å²) in [6.07, 6.45) is 6.28. The Morgan fingerprint density at radius 2 is 1.97 bits per heavy atom. The van der Waals surface area contributed by atoms with E-state index >= 15 is 0 Å². The average Bonchev–Trinajstić information content (AvgIpc) is 3.22. The first-order valence-electron chi connectivity index (χ1n) is 11.0. The number of aromatic nitrogens is 2. The Morgan fingerprint density at radius 1 is 1.21 bits per heavy atom. The summed E-state index contributed by atoms with van der Waals surface area (Å²) in [6.45, 7) is 5.56. The Labute approximate surface area is 195 Å². The number of sulfonamides is 1. The zero-order valence-electron chi connectivity index (χ0n) is 19.2. The van der Waals surface area contributed by atoms with Gasteiger partial charge in [0.05, 0.1) is 36.5 Å². The highest BCUT2D eigenvalue weighted by atomic mass is 32.2. The molecule has 1 unspecified atom stereocenters. The molecule has 1 aliphatic rings. The van der Waals surface area contributed by atoms with E-state index in [4.69, 9.17) is 0 Å². The molecular weight excluding hydrogens is 434 g/mol. The third kappa shape index (κ3) is 5.10. The van der Waals surface area contributed by atoms with Crippen molar-refractivity contribution in [2.45, 2.75) is 45.8 Å². The first-order valence-corrected chi connectivity index (χ1v) is 12.9. The number of imidazole rings is 1. The number of H-pyrrole nitrogens is 1. The van der Waals surface area contributed by atoms with Crippen molar-refractivity contribution in [2.75, 3.05) is 17.7 Å². The Balaban J connectivity index is 1.72. The van der Waals surface area contributed by atoms with Gasteiger partial charge in [0, 0.05) is 31.0 Å². The SMILES string of the molecule is Cc1cccc(C)c1CCC1CN(Cc2c[nH]cn2)c2ccc(C#N)cc2CN1S(C)(=O)=O. The fourth-order valence-electron chi connectivity index (χ4n) is 4.73. The van der Waals surface area contributed by atoms with Gasteiger partial charge < -0.3 is 9.88 Å². The van der Waals surface area contributed by atoms with E-state index in [-0.39, 0.29) is 12.6 Å². The zero-order valence-corrected chi connectivity index (χ0v) is 20.1. The van der Waals surface area contributed by atoms with Crippen LogP contribution < -0.4 is 4.90 Å². The molecule has 0 saturated heterocycles. The Kier molecular flexibility index (Phi) is 6.54. The summed E-state index contributed by atoms with van der Waals surface area (Å²) in [7, 11) is -3.47. The van der Waals surface area contributed by atoms with E-state index in [1.165, 1.54) is 22.9 Å². The number of nitrogens with one attached hydrogen (secondary N) is 1. The van der Waals surface area contributed by atoms with Gasteiger partial charge in [-0.3, -0.25) is 0 Å². The minimum atomic E-state index is -3.47. The van der Waals surface area contributed by atoms with Crippen LogP contribution >= 0.6 is 0 Å². The number of rotatable bonds is 6. The van der Waals surface area contributed by atoms with Crippen LogP contribution in [0, 0.1) is 25.2 Å². The third-order valence-electron chi connectivity index (χ3n) is 6.42. The predicted molar refractivity (Wildman–Crippen MR) is 129 cm³/mol. The van der Waals surface area contributed by atoms with Crippen molar-refractivity contribution in [2.24, 2.45) is 0 Å². The largest absolute Gasteiger partial charge is 0.364 e. The van der Waals surface area contributed by atoms with Crippen molar-refractivity contribution < 1.29 is 8.42 Å². The molecule has 0 bridgehead atoms. The van der Waals surface area contributed by atoms with Gasteiger partial charge in [-0.2, -0.15) is 9.57 Å². The number of aryl methyl sites for hydroxylation is 2. The van der Waals surface area contributed by atoms with Crippen LogP contribution in [0.4, 0.5) is 5.69 Å². The average molecular weight is 464 g/mol. The molecule has 3 aromatic rings. The summed E-state index contributed by atoms with van der Waals surface area (Å²) >= 11 is 0. The van der Waals surface area contributed by atoms with Gasteiger partial charge in [0.25, 0.3) is 0 Å². The van der Waals surface area contributed by atoms with Crippen LogP contribution in [0.15, 0.2) is 48.9 Å². The molecule has 1 aromatic heterocycles. The summed E-state index contributed by atoms with van der Waals surface area (Å²) in [5.41, 5.74) is 6.92. The highest BCUT2D eigenvalue weighted by molar-refractivity contribution is 7.88. The topological polar surface area (TPSA) is 93.1 Å². The fraction of sp³-hybridized carbons (Fsp3) is 0.360. The monoisotopic (exact) mass is 463 g/mol. The quantitative estimate of drug-likeness (QED) is 0.602. The van der Waals surface area contributed by atoms with Crippen molar-refractivity contribution in [1.29, 1.82) is 5.26 Å². The van der Waals surface area contributed by atoms with E-state index in [2.05, 4.69) is 53.0 Å². The summed E-state index contributed by atoms with van der Waals surface area (Å²) in [5, 5.41) is 9.41. The lowest BCUT2D eigenvalue weighted by molar-refractivity contribution is 0.307. The van der Waals surface area contributed by atoms with Crippen molar-refractivity contribution in [3.63, 3.8) is 0 Å². The molecule has 0 fully saturated rings. The molecule has 0 amide bonds. The Hall–Kier alpha value is -3.15. The lowest BCUT2D eigenvalue weighted by Crippen LogP contribution is -2.44. The lowest BCUT2D eigenvalue weighted by Gasteiger charge is -2.31. The van der Waals surface area contributed by atoms with Gasteiger partial charge in [0.2, 0.25) is 10.0 Å². The number of nitrogens with zero attached hydrogens (tertiary/aromatic N) is 4. The van der Waals surface area contributed by atoms with Crippen LogP contribution in [0.25, 0.3) is 0 Å². The Morgan fingerprint density at radius 3 is 2.61 bits per heavy atom. The minimum absolute atomic E-state index is 0.212. The van der Waals surface area contributed by atoms with E-state index in [9.17, 15) is 13.7 Å². The predicted octanol–water partition coefficient (Wildman–Crippen LogP) is 3.68. The number of fused-ring (bicyclic) bond motifs is 1. The van der Waals surface area contributed by atoms with E-state index in [1.807, 2.05) is 12.3 Å². The van der Waals surface area contributed by atoms with Gasteiger partial charge in [-0.25, -0.2) is 13.4 Å². The maximum atomic E-state index is 12.9. The maximum Gasteiger partial charge on any atom is 0.211 e. The normalized spacial score (nSPS) is 16.8. The molecule has 7 nitrogen and oxygen atoms in total. The number of benzene rings is 2. The number of nitriles is 1. The molecule has 1 atom stereocenters. The van der Waals surface area contributed by atoms with Gasteiger partial charge in [-0.05, 0) is 67.1 Å². The molecule has 0 radical (unpaired) electrons. The van der Waals surface area contributed by atoms with E-state index in [0.717, 1.165) is 23.4 Å². The van der Waals surface area contributed by atoms with Crippen LogP contribution in [0.3, 0.4) is 0 Å². The van der Waals surface area contributed by atoms with Gasteiger partial charge in [0.15, 0.2) is 0 Å². The molecule has 1 aliphatic heterocycles. The second-order valence-corrected chi connectivity index (χ2v) is 10.7. The molecule has 2 aromatic carbocycles. The second kappa shape index (κ2) is 9.38. The van der Waals surface area contributed by atoms with Crippen molar-refractivity contribution in [3.8, 4) is 6.07 Å². The standard InChI is InChI=1S/C25H29N5O2S/c1-18-5-4-6-19(2)24(18)9-8-23-16-29(15-22-13-27-17-28-22)25-10-7-20(12-26)11-21(25)14-30(23)33(3,31)32/h4-7,10-11,13,17,23H,8-9,14-16H2,1-3H3,(H,27,28). The van der Waals surface area contributed by atoms with Gasteiger partial charge in [0.1, 0.15) is 0 Å². The molecule has 1 N–H and O–H groups in total. The fourth-order valence-corrected chi connectivity index (χ4v) is 5.82. The van der Waals surface area contributed by atoms with Crippen LogP contribution in [0.5, 0.6) is 0 Å². The van der Waals surface area contributed by atoms with Crippen LogP contribution in [0.1, 0.15) is 39.9 Å². The number of aromatic amines is 1. The molecule has 0 spiro atoms. The number of anilines is 1. The van der Waals surface area contributed by atoms with E-state index in [1.54, 1.807) is 22.8 Å². The van der Waals surface area contributed by atoms with Crippen molar-refractivity contribution in [3.05, 3.63) is 82.4 Å². The summed E-state index contributed by atoms with van der Waals surface area (Å²) in [4.78, 5) is 9.56. The molecule has 33 heavy (non-hydrogen) atoms. The van der Waals surface area contributed by atoms with Crippen LogP contribution in [-0.2, 0) is 29.5 Å². The van der Waals surface area contributed by atoms with Crippen LogP contribution in [0.2, 0.25) is 0 Å². The number of hydrogen-bond acceptors (Lipinski definition) is 5. The molecule has 8 heteroatoms. The van der Waals surface area contributed by atoms with Gasteiger partial charge in [-0.15, -0.1) is 0 Å². The zero-order chi connectivity index (χ0) is 23.6. The van der Waals surface area contributed by atoms with E-state index < -0.39 is 10.0 Å². The lowest BCUT2D eigenvalue weighted by atomic mass is 9.96. The second-order valence-electron chi connectivity index (χ2n) is 8.77. The molecule has 172 valence electrons. The third-order valence-corrected chi connectivity index (χ3v) is 7.70. The molecule has 0 saturated carbocycles. The number of hydrogen-bond donors (Lipinski definition) is 1. The summed E-state index contributed by atoms with van der Waals surface area (Å²) in [5.74, 6) is 0. The van der Waals surface area contributed by atoms with Crippen molar-refractivity contribution in [1.82, 2.24) is 14.3 Å². The highest BCUT2D eigenvalue weighted by Gasteiger charge is 2.33. The maximum absolute atomic E-state index is 12.9. The van der Waals surface area contributed by atoms with Gasteiger partial charge >= 0.3 is 0 Å². The molecule has 2 heterocycles. The minimum Gasteiger partial charge on any atom is -0.364 e. The first-order chi connectivity index (χ1) is 15.8. The Bertz CT molecular complexity index is 1260. The highest BCUT2D eigenvalue weighted by Crippen LogP contribution is 2.32. The first kappa shape index (κ1) is 23.0. The van der Waals surface area contributed by atoms with E-state index in [0.29, 0.717) is 25.1 Å². The van der Waals surface area contributed by atoms with Gasteiger partial charge in [-0.1, -0.05) is 18.2 Å². The molecule has 0 aliphatic carbocycles. The molecular formula is C25H29N5O2S. The summed E-state index contributed by atoms with van der Waals surface area (Å²) in [6, 6.07) is 13.7. The van der Waals surface area contributed by atoms with Crippen LogP contribution in [-0.4, -0.2) is 41.5 Å². The summed E-state index contributed by atoms with van der Waals surface area (Å²) < 4.78 is 27.4. The smallest absolute Gasteiger partial charge is 0.211 e. The van der Waals surface area contributed by atoms with Crippen molar-refractivity contribution >= 4 is 15.7 Å². The molecule has 4 rings (SSSR count).